The highest BCUT2D eigenvalue weighted by Gasteiger charge is 2.14. The highest BCUT2D eigenvalue weighted by Crippen LogP contribution is 2.12. The fraction of sp³-hybridized carbons (Fsp3) is 0.556. The lowest BCUT2D eigenvalue weighted by molar-refractivity contribution is 0.703. The van der Waals surface area contributed by atoms with Gasteiger partial charge in [-0.1, -0.05) is 11.8 Å². The molecule has 1 unspecified atom stereocenters. The molecule has 1 N–H and O–H groups in total. The average molecular weight is 210 g/mol. The molecule has 1 fully saturated rings. The maximum absolute atomic E-state index is 4.47. The molecule has 5 heteroatoms. The summed E-state index contributed by atoms with van der Waals surface area (Å²) in [7, 11) is 0. The summed E-state index contributed by atoms with van der Waals surface area (Å²) in [4.78, 5) is 8.45. The Morgan fingerprint density at radius 3 is 3.36 bits per heavy atom. The van der Waals surface area contributed by atoms with Crippen LogP contribution in [-0.4, -0.2) is 33.1 Å². The lowest BCUT2D eigenvalue weighted by Gasteiger charge is -2.01. The van der Waals surface area contributed by atoms with Crippen LogP contribution < -0.4 is 5.32 Å². The fourth-order valence-corrected chi connectivity index (χ4v) is 2.23. The maximum Gasteiger partial charge on any atom is 0.156 e. The number of hydrogen-bond acceptors (Lipinski definition) is 3. The van der Waals surface area contributed by atoms with Crippen molar-refractivity contribution in [1.82, 2.24) is 14.9 Å². The smallest absolute Gasteiger partial charge is 0.156 e. The van der Waals surface area contributed by atoms with E-state index in [2.05, 4.69) is 22.2 Å². The largest absolute Gasteiger partial charge is 0.362 e. The monoisotopic (exact) mass is 210 g/mol. The Balaban J connectivity index is 1.77. The van der Waals surface area contributed by atoms with Crippen molar-refractivity contribution in [3.05, 3.63) is 18.7 Å². The van der Waals surface area contributed by atoms with Crippen LogP contribution in [0.15, 0.2) is 23.7 Å². The second kappa shape index (κ2) is 4.50. The number of amidine groups is 1. The molecule has 2 rings (SSSR count). The van der Waals surface area contributed by atoms with Gasteiger partial charge in [-0.15, -0.1) is 0 Å². The number of aromatic nitrogens is 2. The van der Waals surface area contributed by atoms with Gasteiger partial charge in [0, 0.05) is 30.7 Å². The summed E-state index contributed by atoms with van der Waals surface area (Å²) >= 11 is 1.80. The predicted octanol–water partition coefficient (Wildman–Crippen LogP) is 0.964. The van der Waals surface area contributed by atoms with E-state index in [4.69, 9.17) is 0 Å². The average Bonchev–Trinajstić information content (AvgIpc) is 2.77. The third-order valence-electron chi connectivity index (χ3n) is 2.01. The Morgan fingerprint density at radius 2 is 2.71 bits per heavy atom. The first kappa shape index (κ1) is 9.58. The second-order valence-electron chi connectivity index (χ2n) is 3.34. The van der Waals surface area contributed by atoms with Gasteiger partial charge in [0.05, 0.1) is 12.9 Å². The van der Waals surface area contributed by atoms with E-state index in [1.807, 2.05) is 17.1 Å². The summed E-state index contributed by atoms with van der Waals surface area (Å²) in [6, 6.07) is 0.562. The number of thioether (sulfide) groups is 1. The molecule has 0 bridgehead atoms. The van der Waals surface area contributed by atoms with Crippen molar-refractivity contribution in [3.8, 4) is 0 Å². The molecule has 1 aliphatic heterocycles. The van der Waals surface area contributed by atoms with Gasteiger partial charge in [-0.3, -0.25) is 4.99 Å². The van der Waals surface area contributed by atoms with E-state index in [1.165, 1.54) is 0 Å². The van der Waals surface area contributed by atoms with Crippen LogP contribution >= 0.6 is 11.8 Å². The van der Waals surface area contributed by atoms with Gasteiger partial charge in [0.2, 0.25) is 0 Å². The molecular weight excluding hydrogens is 196 g/mol. The molecule has 0 radical (unpaired) electrons. The van der Waals surface area contributed by atoms with E-state index in [-0.39, 0.29) is 0 Å². The van der Waals surface area contributed by atoms with Crippen LogP contribution in [0.25, 0.3) is 0 Å². The minimum absolute atomic E-state index is 0.562. The Bertz CT molecular complexity index is 307. The molecule has 0 aliphatic carbocycles. The van der Waals surface area contributed by atoms with Crippen molar-refractivity contribution >= 4 is 16.9 Å². The number of nitrogens with zero attached hydrogens (tertiary/aromatic N) is 3. The molecule has 1 aromatic heterocycles. The first-order valence-corrected chi connectivity index (χ1v) is 5.72. The standard InChI is InChI=1S/C9H14N4S/c1-8-6-14-9(12-8)11-3-5-13-4-2-10-7-13/h2,4,7-8H,3,5-6H2,1H3,(H,11,12). The Morgan fingerprint density at radius 1 is 1.79 bits per heavy atom. The quantitative estimate of drug-likeness (QED) is 0.808. The van der Waals surface area contributed by atoms with Crippen molar-refractivity contribution in [2.45, 2.75) is 19.5 Å². The molecule has 4 nitrogen and oxygen atoms in total. The Kier molecular flexibility index (Phi) is 3.08. The van der Waals surface area contributed by atoms with Crippen molar-refractivity contribution in [2.24, 2.45) is 4.99 Å². The molecule has 0 aromatic carbocycles. The van der Waals surface area contributed by atoms with Crippen molar-refractivity contribution < 1.29 is 0 Å². The summed E-state index contributed by atoms with van der Waals surface area (Å²) < 4.78 is 2.03. The Labute approximate surface area is 87.8 Å². The van der Waals surface area contributed by atoms with Crippen molar-refractivity contribution in [1.29, 1.82) is 0 Å². The van der Waals surface area contributed by atoms with E-state index >= 15 is 0 Å². The molecule has 1 aromatic rings. The SMILES string of the molecule is CC1CSC(=NCCn2ccnc2)N1. The lowest BCUT2D eigenvalue weighted by atomic mass is 10.4. The van der Waals surface area contributed by atoms with Gasteiger partial charge in [-0.2, -0.15) is 0 Å². The van der Waals surface area contributed by atoms with E-state index in [0.29, 0.717) is 6.04 Å². The summed E-state index contributed by atoms with van der Waals surface area (Å²) in [5, 5.41) is 4.40. The zero-order valence-corrected chi connectivity index (χ0v) is 9.00. The molecule has 1 saturated heterocycles. The normalized spacial score (nSPS) is 24.1. The minimum atomic E-state index is 0.562. The third kappa shape index (κ3) is 2.51. The fourth-order valence-electron chi connectivity index (χ4n) is 1.28. The predicted molar refractivity (Wildman–Crippen MR) is 59.6 cm³/mol. The highest BCUT2D eigenvalue weighted by atomic mass is 32.2. The Hall–Kier alpha value is -0.970. The molecule has 0 spiro atoms. The van der Waals surface area contributed by atoms with E-state index < -0.39 is 0 Å². The van der Waals surface area contributed by atoms with E-state index in [0.717, 1.165) is 24.0 Å². The van der Waals surface area contributed by atoms with Crippen LogP contribution in [-0.2, 0) is 6.54 Å². The van der Waals surface area contributed by atoms with Gasteiger partial charge < -0.3 is 9.88 Å². The van der Waals surface area contributed by atoms with Crippen LogP contribution in [0.1, 0.15) is 6.92 Å². The van der Waals surface area contributed by atoms with Crippen LogP contribution in [0.5, 0.6) is 0 Å². The first-order chi connectivity index (χ1) is 6.84. The van der Waals surface area contributed by atoms with Gasteiger partial charge in [0.1, 0.15) is 0 Å². The van der Waals surface area contributed by atoms with Crippen LogP contribution in [0.4, 0.5) is 0 Å². The van der Waals surface area contributed by atoms with Gasteiger partial charge in [-0.25, -0.2) is 4.98 Å². The van der Waals surface area contributed by atoms with Crippen LogP contribution in [0, 0.1) is 0 Å². The number of rotatable bonds is 3. The van der Waals surface area contributed by atoms with Gasteiger partial charge in [0.25, 0.3) is 0 Å². The highest BCUT2D eigenvalue weighted by molar-refractivity contribution is 8.14. The zero-order chi connectivity index (χ0) is 9.80. The molecule has 1 aliphatic rings. The molecule has 14 heavy (non-hydrogen) atoms. The number of hydrogen-bond donors (Lipinski definition) is 1. The summed E-state index contributed by atoms with van der Waals surface area (Å²) in [6.45, 7) is 3.89. The van der Waals surface area contributed by atoms with Crippen molar-refractivity contribution in [2.75, 3.05) is 12.3 Å². The molecular formula is C9H14N4S. The molecule has 0 amide bonds. The number of aliphatic imine (C=N–C) groups is 1. The second-order valence-corrected chi connectivity index (χ2v) is 4.35. The lowest BCUT2D eigenvalue weighted by Crippen LogP contribution is -2.23. The van der Waals surface area contributed by atoms with Crippen molar-refractivity contribution in [3.63, 3.8) is 0 Å². The van der Waals surface area contributed by atoms with Gasteiger partial charge in [-0.05, 0) is 6.92 Å². The molecule has 2 heterocycles. The molecule has 76 valence electrons. The number of nitrogens with one attached hydrogen (secondary N) is 1. The third-order valence-corrected chi connectivity index (χ3v) is 3.20. The topological polar surface area (TPSA) is 42.2 Å². The summed E-state index contributed by atoms with van der Waals surface area (Å²) in [6.07, 6.45) is 5.56. The molecule has 0 saturated carbocycles. The van der Waals surface area contributed by atoms with E-state index in [1.54, 1.807) is 18.0 Å². The zero-order valence-electron chi connectivity index (χ0n) is 8.18. The van der Waals surface area contributed by atoms with Crippen LogP contribution in [0.3, 0.4) is 0 Å². The van der Waals surface area contributed by atoms with Gasteiger partial charge in [0.15, 0.2) is 5.17 Å². The van der Waals surface area contributed by atoms with E-state index in [9.17, 15) is 0 Å². The first-order valence-electron chi connectivity index (χ1n) is 4.74. The number of imidazole rings is 1. The van der Waals surface area contributed by atoms with Gasteiger partial charge >= 0.3 is 0 Å². The van der Waals surface area contributed by atoms with Crippen LogP contribution in [0.2, 0.25) is 0 Å². The summed E-state index contributed by atoms with van der Waals surface area (Å²) in [5.41, 5.74) is 0. The summed E-state index contributed by atoms with van der Waals surface area (Å²) in [5.74, 6) is 1.13. The minimum Gasteiger partial charge on any atom is -0.362 e. The molecule has 1 atom stereocenters. The maximum atomic E-state index is 4.47.